The molecule has 1 N–H and O–H groups in total. The van der Waals surface area contributed by atoms with E-state index in [4.69, 9.17) is 5.53 Å². The van der Waals surface area contributed by atoms with Crippen molar-refractivity contribution in [2.24, 2.45) is 10.5 Å². The third kappa shape index (κ3) is 3.50. The van der Waals surface area contributed by atoms with Crippen molar-refractivity contribution >= 4 is 5.91 Å². The van der Waals surface area contributed by atoms with Crippen molar-refractivity contribution in [3.05, 3.63) is 46.3 Å². The minimum Gasteiger partial charge on any atom is -0.352 e. The van der Waals surface area contributed by atoms with Crippen LogP contribution in [0.3, 0.4) is 0 Å². The molecule has 0 aliphatic rings. The fraction of sp³-hybridized carbons (Fsp3) is 0.462. The van der Waals surface area contributed by atoms with Crippen LogP contribution < -0.4 is 5.32 Å². The molecule has 0 bridgehead atoms. The molecule has 1 atom stereocenters. The Balaban J connectivity index is 2.62. The van der Waals surface area contributed by atoms with Gasteiger partial charge in [-0.3, -0.25) is 4.79 Å². The van der Waals surface area contributed by atoms with Gasteiger partial charge in [0.2, 0.25) is 5.91 Å². The lowest BCUT2D eigenvalue weighted by Gasteiger charge is -2.27. The van der Waals surface area contributed by atoms with Crippen LogP contribution in [0.5, 0.6) is 0 Å². The molecule has 0 aliphatic carbocycles. The van der Waals surface area contributed by atoms with Crippen LogP contribution in [-0.2, 0) is 11.3 Å². The van der Waals surface area contributed by atoms with Gasteiger partial charge in [0, 0.05) is 17.5 Å². The maximum atomic E-state index is 12.1. The normalized spacial score (nSPS) is 12.4. The Morgan fingerprint density at radius 3 is 2.61 bits per heavy atom. The summed E-state index contributed by atoms with van der Waals surface area (Å²) in [6.45, 7) is 5.76. The molecule has 0 radical (unpaired) electrons. The maximum absolute atomic E-state index is 12.1. The third-order valence-electron chi connectivity index (χ3n) is 3.15. The number of nitrogens with zero attached hydrogens (tertiary/aromatic N) is 3. The molecule has 1 rings (SSSR count). The average Bonchev–Trinajstić information content (AvgIpc) is 2.37. The quantitative estimate of drug-likeness (QED) is 0.483. The second kappa shape index (κ2) is 6.07. The van der Waals surface area contributed by atoms with Crippen LogP contribution in [0, 0.1) is 5.41 Å². The lowest BCUT2D eigenvalue weighted by molar-refractivity contribution is -0.130. The molecule has 0 saturated heterocycles. The van der Waals surface area contributed by atoms with Gasteiger partial charge in [-0.1, -0.05) is 56.2 Å². The zero-order valence-corrected chi connectivity index (χ0v) is 10.9. The summed E-state index contributed by atoms with van der Waals surface area (Å²) < 4.78 is 0. The summed E-state index contributed by atoms with van der Waals surface area (Å²) in [6.07, 6.45) is 0. The van der Waals surface area contributed by atoms with Crippen LogP contribution >= 0.6 is 0 Å². The molecule has 5 heteroatoms. The van der Waals surface area contributed by atoms with Gasteiger partial charge in [0.1, 0.15) is 0 Å². The minimum atomic E-state index is -0.721. The van der Waals surface area contributed by atoms with Gasteiger partial charge in [-0.2, -0.15) is 0 Å². The Labute approximate surface area is 107 Å². The summed E-state index contributed by atoms with van der Waals surface area (Å²) in [5.74, 6) is -0.119. The summed E-state index contributed by atoms with van der Waals surface area (Å²) >= 11 is 0. The van der Waals surface area contributed by atoms with Crippen molar-refractivity contribution < 1.29 is 4.79 Å². The zero-order chi connectivity index (χ0) is 13.6. The second-order valence-corrected chi connectivity index (χ2v) is 4.77. The predicted molar refractivity (Wildman–Crippen MR) is 70.7 cm³/mol. The highest BCUT2D eigenvalue weighted by molar-refractivity contribution is 5.82. The van der Waals surface area contributed by atoms with Crippen LogP contribution in [0.4, 0.5) is 0 Å². The Morgan fingerprint density at radius 1 is 1.44 bits per heavy atom. The summed E-state index contributed by atoms with van der Waals surface area (Å²) in [7, 11) is 0. The van der Waals surface area contributed by atoms with Crippen LogP contribution in [0.2, 0.25) is 0 Å². The first kappa shape index (κ1) is 14.1. The molecule has 0 saturated carbocycles. The molecule has 1 amide bonds. The summed E-state index contributed by atoms with van der Waals surface area (Å²) in [5.41, 5.74) is 8.73. The fourth-order valence-electron chi connectivity index (χ4n) is 1.42. The largest absolute Gasteiger partial charge is 0.352 e. The zero-order valence-electron chi connectivity index (χ0n) is 10.9. The topological polar surface area (TPSA) is 77.9 Å². The molecular weight excluding hydrogens is 228 g/mol. The van der Waals surface area contributed by atoms with Gasteiger partial charge >= 0.3 is 0 Å². The number of hydrogen-bond donors (Lipinski definition) is 1. The molecule has 18 heavy (non-hydrogen) atoms. The lowest BCUT2D eigenvalue weighted by atomic mass is 9.85. The molecule has 5 nitrogen and oxygen atoms in total. The smallest absolute Gasteiger partial charge is 0.226 e. The molecule has 96 valence electrons. The van der Waals surface area contributed by atoms with E-state index in [1.807, 2.05) is 30.3 Å². The van der Waals surface area contributed by atoms with Gasteiger partial charge in [-0.05, 0) is 11.1 Å². The highest BCUT2D eigenvalue weighted by Gasteiger charge is 2.33. The first-order chi connectivity index (χ1) is 8.48. The number of carbonyl (C=O) groups is 1. The maximum Gasteiger partial charge on any atom is 0.226 e. The van der Waals surface area contributed by atoms with Gasteiger partial charge in [0.05, 0.1) is 5.41 Å². The standard InChI is InChI=1S/C13H18N4O/c1-10(16-17-14)13(2,3)12(18)15-9-11-7-5-4-6-8-11/h4-8,10H,9H2,1-3H3,(H,15,18)/t10-/m1/s1. The van der Waals surface area contributed by atoms with Gasteiger partial charge in [0.25, 0.3) is 0 Å². The molecular formula is C13H18N4O. The summed E-state index contributed by atoms with van der Waals surface area (Å²) in [6, 6.07) is 9.29. The van der Waals surface area contributed by atoms with Crippen LogP contribution in [0.15, 0.2) is 35.4 Å². The average molecular weight is 246 g/mol. The Bertz CT molecular complexity index is 449. The van der Waals surface area contributed by atoms with E-state index < -0.39 is 11.5 Å². The van der Waals surface area contributed by atoms with E-state index in [1.165, 1.54) is 0 Å². The van der Waals surface area contributed by atoms with Crippen molar-refractivity contribution in [2.75, 3.05) is 0 Å². The first-order valence-electron chi connectivity index (χ1n) is 5.85. The Morgan fingerprint density at radius 2 is 2.06 bits per heavy atom. The minimum absolute atomic E-state index is 0.119. The number of benzene rings is 1. The van der Waals surface area contributed by atoms with Crippen molar-refractivity contribution in [1.29, 1.82) is 0 Å². The Kier molecular flexibility index (Phi) is 4.75. The SMILES string of the molecule is C[C@@H](N=[N+]=[N-])C(C)(C)C(=O)NCc1ccccc1. The van der Waals surface area contributed by atoms with Crippen LogP contribution in [0.25, 0.3) is 10.4 Å². The van der Waals surface area contributed by atoms with Crippen molar-refractivity contribution in [3.63, 3.8) is 0 Å². The molecule has 0 fully saturated rings. The van der Waals surface area contributed by atoms with Gasteiger partial charge in [0.15, 0.2) is 0 Å². The number of nitrogens with one attached hydrogen (secondary N) is 1. The van der Waals surface area contributed by atoms with E-state index >= 15 is 0 Å². The number of azide groups is 1. The highest BCUT2D eigenvalue weighted by Crippen LogP contribution is 2.23. The van der Waals surface area contributed by atoms with Crippen LogP contribution in [-0.4, -0.2) is 11.9 Å². The predicted octanol–water partition coefficient (Wildman–Crippen LogP) is 3.03. The van der Waals surface area contributed by atoms with Crippen molar-refractivity contribution in [1.82, 2.24) is 5.32 Å². The Hall–Kier alpha value is -2.00. The van der Waals surface area contributed by atoms with E-state index in [0.717, 1.165) is 5.56 Å². The lowest BCUT2D eigenvalue weighted by Crippen LogP contribution is -2.42. The van der Waals surface area contributed by atoms with E-state index in [-0.39, 0.29) is 5.91 Å². The molecule has 0 aromatic heterocycles. The van der Waals surface area contributed by atoms with Crippen molar-refractivity contribution in [3.8, 4) is 0 Å². The van der Waals surface area contributed by atoms with Crippen LogP contribution in [0.1, 0.15) is 26.3 Å². The molecule has 0 heterocycles. The molecule has 1 aromatic rings. The number of carbonyl (C=O) groups excluding carboxylic acids is 1. The summed E-state index contributed by atoms with van der Waals surface area (Å²) in [4.78, 5) is 14.8. The van der Waals surface area contributed by atoms with E-state index in [0.29, 0.717) is 6.54 Å². The third-order valence-corrected chi connectivity index (χ3v) is 3.15. The summed E-state index contributed by atoms with van der Waals surface area (Å²) in [5, 5.41) is 6.45. The second-order valence-electron chi connectivity index (χ2n) is 4.77. The molecule has 0 unspecified atom stereocenters. The molecule has 1 aromatic carbocycles. The number of hydrogen-bond acceptors (Lipinski definition) is 2. The van der Waals surface area contributed by atoms with Gasteiger partial charge in [-0.25, -0.2) is 0 Å². The monoisotopic (exact) mass is 246 g/mol. The molecule has 0 aliphatic heterocycles. The highest BCUT2D eigenvalue weighted by atomic mass is 16.2. The number of amides is 1. The van der Waals surface area contributed by atoms with E-state index in [1.54, 1.807) is 20.8 Å². The number of rotatable bonds is 5. The van der Waals surface area contributed by atoms with Gasteiger partial charge in [-0.15, -0.1) is 0 Å². The van der Waals surface area contributed by atoms with E-state index in [9.17, 15) is 4.79 Å². The van der Waals surface area contributed by atoms with Crippen molar-refractivity contribution in [2.45, 2.75) is 33.4 Å². The molecule has 0 spiro atoms. The first-order valence-corrected chi connectivity index (χ1v) is 5.85. The fourth-order valence-corrected chi connectivity index (χ4v) is 1.42. The van der Waals surface area contributed by atoms with Gasteiger partial charge < -0.3 is 5.32 Å². The van der Waals surface area contributed by atoms with E-state index in [2.05, 4.69) is 15.3 Å².